The minimum absolute atomic E-state index is 0.443. The minimum Gasteiger partial charge on any atom is -0.358 e. The molecule has 1 aromatic carbocycles. The Morgan fingerprint density at radius 1 is 1.06 bits per heavy atom. The fourth-order valence-corrected chi connectivity index (χ4v) is 3.80. The normalized spacial score (nSPS) is 12.6. The van der Waals surface area contributed by atoms with Crippen LogP contribution in [0.3, 0.4) is 0 Å². The molecule has 0 bridgehead atoms. The third-order valence-electron chi connectivity index (χ3n) is 6.32. The van der Waals surface area contributed by atoms with Crippen LogP contribution in [0.25, 0.3) is 5.57 Å². The summed E-state index contributed by atoms with van der Waals surface area (Å²) in [5.74, 6) is 0.443. The van der Waals surface area contributed by atoms with E-state index in [0.717, 1.165) is 41.7 Å². The summed E-state index contributed by atoms with van der Waals surface area (Å²) in [4.78, 5) is 4.53. The summed E-state index contributed by atoms with van der Waals surface area (Å²) in [6.07, 6.45) is 13.4. The molecule has 0 aliphatic carbocycles. The summed E-state index contributed by atoms with van der Waals surface area (Å²) in [6, 6.07) is 10.8. The van der Waals surface area contributed by atoms with E-state index in [1.165, 1.54) is 41.8 Å². The van der Waals surface area contributed by atoms with Gasteiger partial charge in [-0.1, -0.05) is 71.4 Å². The Morgan fingerprint density at radius 3 is 2.34 bits per heavy atom. The number of hydrogen-bond acceptors (Lipinski definition) is 3. The second-order valence-electron chi connectivity index (χ2n) is 9.36. The number of allylic oxidation sites excluding steroid dienone is 5. The first-order valence-corrected chi connectivity index (χ1v) is 13.3. The van der Waals surface area contributed by atoms with Crippen LogP contribution in [0, 0.1) is 12.8 Å². The average Bonchev–Trinajstić information content (AvgIpc) is 2.87. The van der Waals surface area contributed by atoms with Gasteiger partial charge in [0.1, 0.15) is 0 Å². The molecule has 2 aromatic rings. The van der Waals surface area contributed by atoms with Gasteiger partial charge in [0.25, 0.3) is 0 Å². The van der Waals surface area contributed by atoms with Crippen LogP contribution in [0.4, 0.5) is 5.69 Å². The third-order valence-corrected chi connectivity index (χ3v) is 6.32. The molecule has 1 aromatic heterocycles. The van der Waals surface area contributed by atoms with Crippen LogP contribution in [-0.2, 0) is 12.8 Å². The van der Waals surface area contributed by atoms with Crippen LogP contribution in [0.1, 0.15) is 82.7 Å². The first kappa shape index (κ1) is 30.4. The Hall–Kier alpha value is -2.65. The standard InChI is InChI=1S/C30H42N2.C2H7N/c1-8-11-12-15-27-26(10-3)14-13-16-30(27)32-28(23(5)9-2)20-18-24(6)25(7)29-19-17-22(4)21-31-29;1-3-2/h13-14,16-21,23,32H,7-12,15H2,1-6H3;3H,1-2H3/b24-18-,28-20+;/t23-;/m1./s1. The van der Waals surface area contributed by atoms with Crippen LogP contribution in [0.2, 0.25) is 0 Å². The van der Waals surface area contributed by atoms with Gasteiger partial charge in [0.05, 0.1) is 5.69 Å². The maximum Gasteiger partial charge on any atom is 0.0698 e. The summed E-state index contributed by atoms with van der Waals surface area (Å²) in [7, 11) is 3.75. The molecule has 192 valence electrons. The number of aryl methyl sites for hydroxylation is 2. The number of hydrogen-bond donors (Lipinski definition) is 2. The first-order valence-electron chi connectivity index (χ1n) is 13.3. The van der Waals surface area contributed by atoms with Gasteiger partial charge < -0.3 is 10.6 Å². The van der Waals surface area contributed by atoms with Crippen molar-refractivity contribution < 1.29 is 0 Å². The van der Waals surface area contributed by atoms with E-state index in [2.05, 4.69) is 100 Å². The molecule has 0 aliphatic heterocycles. The predicted octanol–water partition coefficient (Wildman–Crippen LogP) is 8.52. The van der Waals surface area contributed by atoms with Crippen molar-refractivity contribution in [2.75, 3.05) is 19.4 Å². The van der Waals surface area contributed by atoms with Gasteiger partial charge in [-0.2, -0.15) is 0 Å². The van der Waals surface area contributed by atoms with Gasteiger partial charge in [0, 0.05) is 17.6 Å². The smallest absolute Gasteiger partial charge is 0.0698 e. The van der Waals surface area contributed by atoms with Gasteiger partial charge in [-0.05, 0) is 106 Å². The van der Waals surface area contributed by atoms with Gasteiger partial charge in [-0.3, -0.25) is 4.98 Å². The lowest BCUT2D eigenvalue weighted by Gasteiger charge is -2.21. The Kier molecular flexibility index (Phi) is 14.7. The summed E-state index contributed by atoms with van der Waals surface area (Å²) in [5, 5.41) is 6.56. The molecule has 0 saturated heterocycles. The lowest BCUT2D eigenvalue weighted by atomic mass is 9.96. The number of unbranched alkanes of at least 4 members (excludes halogenated alkanes) is 2. The van der Waals surface area contributed by atoms with Crippen molar-refractivity contribution in [2.24, 2.45) is 5.92 Å². The van der Waals surface area contributed by atoms with Gasteiger partial charge >= 0.3 is 0 Å². The molecule has 2 N–H and O–H groups in total. The molecular formula is C32H49N3. The largest absolute Gasteiger partial charge is 0.358 e. The number of nitrogens with zero attached hydrogens (tertiary/aromatic N) is 1. The summed E-state index contributed by atoms with van der Waals surface area (Å²) in [5.41, 5.74) is 9.65. The topological polar surface area (TPSA) is 37.0 Å². The van der Waals surface area contributed by atoms with Crippen molar-refractivity contribution in [1.82, 2.24) is 10.3 Å². The van der Waals surface area contributed by atoms with Crippen molar-refractivity contribution in [3.8, 4) is 0 Å². The van der Waals surface area contributed by atoms with E-state index < -0.39 is 0 Å². The highest BCUT2D eigenvalue weighted by atomic mass is 14.9. The van der Waals surface area contributed by atoms with Crippen molar-refractivity contribution in [3.63, 3.8) is 0 Å². The van der Waals surface area contributed by atoms with Crippen molar-refractivity contribution in [2.45, 2.75) is 80.1 Å². The highest BCUT2D eigenvalue weighted by molar-refractivity contribution is 5.75. The van der Waals surface area contributed by atoms with Gasteiger partial charge in [0.15, 0.2) is 0 Å². The van der Waals surface area contributed by atoms with Crippen LogP contribution in [-0.4, -0.2) is 19.1 Å². The molecule has 0 saturated carbocycles. The van der Waals surface area contributed by atoms with E-state index in [4.69, 9.17) is 0 Å². The molecule has 0 radical (unpaired) electrons. The van der Waals surface area contributed by atoms with Crippen molar-refractivity contribution in [1.29, 1.82) is 0 Å². The first-order chi connectivity index (χ1) is 16.8. The zero-order valence-corrected chi connectivity index (χ0v) is 23.6. The van der Waals surface area contributed by atoms with Crippen LogP contribution in [0.15, 0.2) is 66.5 Å². The van der Waals surface area contributed by atoms with E-state index in [0.29, 0.717) is 5.92 Å². The minimum atomic E-state index is 0.443. The van der Waals surface area contributed by atoms with Crippen molar-refractivity contribution >= 4 is 11.3 Å². The summed E-state index contributed by atoms with van der Waals surface area (Å²) in [6.45, 7) is 17.5. The Labute approximate surface area is 215 Å². The fraction of sp³-hybridized carbons (Fsp3) is 0.469. The maximum atomic E-state index is 4.53. The second kappa shape index (κ2) is 16.9. The van der Waals surface area contributed by atoms with Gasteiger partial charge in [-0.15, -0.1) is 0 Å². The molecule has 3 heteroatoms. The second-order valence-corrected chi connectivity index (χ2v) is 9.36. The molecule has 0 aliphatic rings. The maximum absolute atomic E-state index is 4.53. The number of pyridine rings is 1. The quantitative estimate of drug-likeness (QED) is 0.238. The molecule has 2 rings (SSSR count). The third kappa shape index (κ3) is 10.2. The predicted molar refractivity (Wildman–Crippen MR) is 157 cm³/mol. The number of aromatic nitrogens is 1. The molecule has 1 heterocycles. The average molecular weight is 476 g/mol. The fourth-order valence-electron chi connectivity index (χ4n) is 3.80. The van der Waals surface area contributed by atoms with Crippen LogP contribution < -0.4 is 10.6 Å². The van der Waals surface area contributed by atoms with Crippen LogP contribution >= 0.6 is 0 Å². The van der Waals surface area contributed by atoms with E-state index in [1.54, 1.807) is 0 Å². The molecular weight excluding hydrogens is 426 g/mol. The number of nitrogens with one attached hydrogen (secondary N) is 2. The SMILES string of the molecule is C=C(/C(C)=C\C=C(\Nc1cccc(CC)c1CCCCC)[C@H](C)CC)c1ccc(C)cn1.CNC. The monoisotopic (exact) mass is 475 g/mol. The highest BCUT2D eigenvalue weighted by Crippen LogP contribution is 2.27. The zero-order valence-electron chi connectivity index (χ0n) is 23.6. The molecule has 0 amide bonds. The molecule has 1 atom stereocenters. The molecule has 0 spiro atoms. The Bertz CT molecular complexity index is 951. The van der Waals surface area contributed by atoms with E-state index in [-0.39, 0.29) is 0 Å². The highest BCUT2D eigenvalue weighted by Gasteiger charge is 2.12. The van der Waals surface area contributed by atoms with E-state index in [1.807, 2.05) is 26.4 Å². The van der Waals surface area contributed by atoms with E-state index >= 15 is 0 Å². The van der Waals surface area contributed by atoms with Gasteiger partial charge in [0.2, 0.25) is 0 Å². The van der Waals surface area contributed by atoms with E-state index in [9.17, 15) is 0 Å². The van der Waals surface area contributed by atoms with Crippen molar-refractivity contribution in [3.05, 3.63) is 88.9 Å². The summed E-state index contributed by atoms with van der Waals surface area (Å²) >= 11 is 0. The Balaban J connectivity index is 0.00000194. The molecule has 35 heavy (non-hydrogen) atoms. The van der Waals surface area contributed by atoms with Gasteiger partial charge in [-0.25, -0.2) is 0 Å². The zero-order chi connectivity index (χ0) is 26.2. The van der Waals surface area contributed by atoms with Crippen LogP contribution in [0.5, 0.6) is 0 Å². The lowest BCUT2D eigenvalue weighted by molar-refractivity contribution is 0.658. The number of rotatable bonds is 12. The Morgan fingerprint density at radius 2 is 1.77 bits per heavy atom. The number of anilines is 1. The lowest BCUT2D eigenvalue weighted by Crippen LogP contribution is -2.11. The number of benzene rings is 1. The summed E-state index contributed by atoms with van der Waals surface area (Å²) < 4.78 is 0. The molecule has 0 fully saturated rings. The molecule has 3 nitrogen and oxygen atoms in total. The molecule has 0 unspecified atom stereocenters.